The number of fused-ring (bicyclic) bond motifs is 1. The molecule has 0 saturated heterocycles. The van der Waals surface area contributed by atoms with Crippen LogP contribution in [0.25, 0.3) is 11.0 Å². The summed E-state index contributed by atoms with van der Waals surface area (Å²) < 4.78 is 39.0. The number of phenols is 1. The van der Waals surface area contributed by atoms with Gasteiger partial charge in [0.05, 0.1) is 0 Å². The largest absolute Gasteiger partial charge is 0.673 e. The summed E-state index contributed by atoms with van der Waals surface area (Å²) >= 11 is 0. The summed E-state index contributed by atoms with van der Waals surface area (Å²) in [6.45, 7) is 0. The van der Waals surface area contributed by atoms with E-state index < -0.39 is 7.25 Å². The van der Waals surface area contributed by atoms with E-state index in [1.165, 1.54) is 6.07 Å². The summed E-state index contributed by atoms with van der Waals surface area (Å²) in [5.41, 5.74) is 0.786. The number of hydrogen-bond donors (Lipinski definition) is 1. The Kier molecular flexibility index (Phi) is 9.14. The minimum absolute atomic E-state index is 0.0120. The van der Waals surface area contributed by atoms with Gasteiger partial charge in [-0.25, -0.2) is 10.0 Å². The molecule has 2 rings (SSSR count). The second-order valence-electron chi connectivity index (χ2n) is 7.01. The van der Waals surface area contributed by atoms with Crippen molar-refractivity contribution in [1.82, 2.24) is 40.3 Å². The molecule has 1 N–H and O–H groups in total. The van der Waals surface area contributed by atoms with Gasteiger partial charge < -0.3 is 22.4 Å². The highest BCUT2D eigenvalue weighted by Crippen LogP contribution is 2.20. The van der Waals surface area contributed by atoms with Crippen LogP contribution in [0.3, 0.4) is 0 Å². The van der Waals surface area contributed by atoms with Crippen LogP contribution in [0.15, 0.2) is 18.2 Å². The summed E-state index contributed by atoms with van der Waals surface area (Å²) in [4.78, 5) is 14.0. The molecular weight excluding hydrogens is 441 g/mol. The quantitative estimate of drug-likeness (QED) is 0.122. The monoisotopic (exact) mass is 469 g/mol. The van der Waals surface area contributed by atoms with Crippen LogP contribution in [0, 0.1) is 0 Å². The lowest BCUT2D eigenvalue weighted by atomic mass is 10.3. The van der Waals surface area contributed by atoms with Gasteiger partial charge in [0.1, 0.15) is 11.3 Å². The molecule has 1 aromatic carbocycles. The minimum atomic E-state index is -6.00. The van der Waals surface area contributed by atoms with E-state index >= 15 is 0 Å². The number of amidine groups is 1. The van der Waals surface area contributed by atoms with Crippen molar-refractivity contribution in [2.45, 2.75) is 0 Å². The van der Waals surface area contributed by atoms with Gasteiger partial charge in [0.15, 0.2) is 5.52 Å². The molecular formula is C15H28BF4N9O3. The van der Waals surface area contributed by atoms with Gasteiger partial charge in [-0.1, -0.05) is 11.2 Å². The zero-order valence-corrected chi connectivity index (χ0v) is 19.1. The molecule has 0 bridgehead atoms. The van der Waals surface area contributed by atoms with E-state index in [0.717, 1.165) is 4.85 Å². The molecule has 1 heterocycles. The number of nitrogens with zero attached hydrogens (tertiary/aromatic N) is 9. The van der Waals surface area contributed by atoms with E-state index in [9.17, 15) is 22.4 Å². The molecule has 0 radical (unpaired) electrons. The van der Waals surface area contributed by atoms with Gasteiger partial charge in [0, 0.05) is 56.4 Å². The van der Waals surface area contributed by atoms with E-state index in [-0.39, 0.29) is 5.75 Å². The fourth-order valence-corrected chi connectivity index (χ4v) is 2.58. The second-order valence-corrected chi connectivity index (χ2v) is 7.01. The highest BCUT2D eigenvalue weighted by Gasteiger charge is 2.36. The first-order valence-corrected chi connectivity index (χ1v) is 9.07. The number of hydrogen-bond acceptors (Lipinski definition) is 9. The van der Waals surface area contributed by atoms with Gasteiger partial charge in [-0.3, -0.25) is 0 Å². The molecule has 0 amide bonds. The Morgan fingerprint density at radius 2 is 1.47 bits per heavy atom. The third-order valence-corrected chi connectivity index (χ3v) is 3.47. The molecule has 32 heavy (non-hydrogen) atoms. The van der Waals surface area contributed by atoms with E-state index in [1.54, 1.807) is 22.0 Å². The molecule has 0 aliphatic carbocycles. The van der Waals surface area contributed by atoms with Crippen molar-refractivity contribution in [3.8, 4) is 5.75 Å². The summed E-state index contributed by atoms with van der Waals surface area (Å²) in [6.07, 6.45) is 0. The maximum absolute atomic E-state index is 9.87. The summed E-state index contributed by atoms with van der Waals surface area (Å²) in [6, 6.07) is 5.23. The number of aromatic nitrogens is 3. The summed E-state index contributed by atoms with van der Waals surface area (Å²) in [5.74, 6) is 0.0120. The van der Waals surface area contributed by atoms with Crippen molar-refractivity contribution in [2.24, 2.45) is 0 Å². The lowest BCUT2D eigenvalue weighted by Crippen LogP contribution is -2.58. The van der Waals surface area contributed by atoms with Gasteiger partial charge in [-0.05, 0) is 27.0 Å². The Bertz CT molecular complexity index is 882. The maximum Gasteiger partial charge on any atom is 0.673 e. The molecule has 0 aliphatic heterocycles. The first kappa shape index (κ1) is 26.8. The smallest absolute Gasteiger partial charge is 0.506 e. The number of hydrazone groups is 2. The summed E-state index contributed by atoms with van der Waals surface area (Å²) in [7, 11) is 8.97. The summed E-state index contributed by atoms with van der Waals surface area (Å²) in [5, 5.41) is 26.7. The number of hydrazine groups is 4. The van der Waals surface area contributed by atoms with Crippen LogP contribution >= 0.6 is 0 Å². The van der Waals surface area contributed by atoms with Gasteiger partial charge in [0.2, 0.25) is 0 Å². The molecule has 182 valence electrons. The Balaban J connectivity index is 0.000000920. The molecule has 12 nitrogen and oxygen atoms in total. The van der Waals surface area contributed by atoms with Gasteiger partial charge in [-0.2, -0.15) is 9.88 Å². The Morgan fingerprint density at radius 3 is 1.91 bits per heavy atom. The molecule has 0 saturated carbocycles. The molecule has 0 atom stereocenters. The predicted octanol–water partition coefficient (Wildman–Crippen LogP) is 0.374. The third kappa shape index (κ3) is 7.49. The van der Waals surface area contributed by atoms with Gasteiger partial charge >= 0.3 is 13.3 Å². The normalized spacial score (nSPS) is 11.2. The molecule has 0 spiro atoms. The fraction of sp³-hybridized carbons (Fsp3) is 0.533. The lowest BCUT2D eigenvalue weighted by Gasteiger charge is -2.30. The molecule has 1 aromatic heterocycles. The number of halogens is 4. The van der Waals surface area contributed by atoms with Crippen LogP contribution in [-0.4, -0.2) is 120 Å². The minimum Gasteiger partial charge on any atom is -0.506 e. The topological polar surface area (TPSA) is 88.6 Å². The number of aromatic hydroxyl groups is 1. The van der Waals surface area contributed by atoms with Crippen molar-refractivity contribution in [1.29, 1.82) is 0 Å². The first-order chi connectivity index (χ1) is 14.6. The van der Waals surface area contributed by atoms with Gasteiger partial charge in [-0.15, -0.1) is 15.1 Å². The Hall–Kier alpha value is -3.21. The SMILES string of the molecule is CN(C)N(C(OOn1nnc2c(O)cccc21)=[N+](N(C)C)N(C)C)N(C)C.F[B-](F)(F)F. The molecule has 17 heteroatoms. The molecule has 0 fully saturated rings. The van der Waals surface area contributed by atoms with Crippen molar-refractivity contribution >= 4 is 24.3 Å². The van der Waals surface area contributed by atoms with E-state index in [1.807, 2.05) is 76.4 Å². The number of rotatable bonds is 6. The zero-order valence-electron chi connectivity index (χ0n) is 19.1. The average Bonchev–Trinajstić information content (AvgIpc) is 3.01. The maximum atomic E-state index is 9.87. The van der Waals surface area contributed by atoms with Crippen LogP contribution in [0.5, 0.6) is 5.75 Å². The number of benzene rings is 1. The average molecular weight is 469 g/mol. The van der Waals surface area contributed by atoms with E-state index in [4.69, 9.17) is 9.88 Å². The highest BCUT2D eigenvalue weighted by atomic mass is 19.5. The Labute approximate surface area is 182 Å². The van der Waals surface area contributed by atoms with E-state index in [2.05, 4.69) is 10.3 Å². The van der Waals surface area contributed by atoms with Crippen LogP contribution in [0.4, 0.5) is 17.3 Å². The lowest BCUT2D eigenvalue weighted by molar-refractivity contribution is -0.809. The molecule has 0 aliphatic rings. The highest BCUT2D eigenvalue weighted by molar-refractivity contribution is 6.50. The van der Waals surface area contributed by atoms with Crippen LogP contribution in [-0.2, 0) is 4.89 Å². The van der Waals surface area contributed by atoms with Crippen molar-refractivity contribution in [3.05, 3.63) is 18.2 Å². The van der Waals surface area contributed by atoms with Crippen molar-refractivity contribution in [3.63, 3.8) is 0 Å². The third-order valence-electron chi connectivity index (χ3n) is 3.47. The second kappa shape index (κ2) is 10.9. The predicted molar refractivity (Wildman–Crippen MR) is 109 cm³/mol. The van der Waals surface area contributed by atoms with Crippen LogP contribution in [0.1, 0.15) is 0 Å². The van der Waals surface area contributed by atoms with Crippen molar-refractivity contribution in [2.75, 3.05) is 56.4 Å². The fourth-order valence-electron chi connectivity index (χ4n) is 2.58. The standard InChI is InChI=1S/C15H27N9O3.BF4/c1-18(2)23(19(3)4)15(24(20(5)6)21(7)8)26-27-22-12-10-9-11-13(25)14(12)16-17-22;2-1(3,4)5/h9-11H,1-8H3;/q;-1/p+1. The van der Waals surface area contributed by atoms with Crippen LogP contribution < -0.4 is 4.99 Å². The number of phenolic OH excluding ortho intramolecular Hbond substituents is 1. The van der Waals surface area contributed by atoms with Gasteiger partial charge in [0.25, 0.3) is 0 Å². The zero-order chi connectivity index (χ0) is 24.8. The van der Waals surface area contributed by atoms with E-state index in [0.29, 0.717) is 17.1 Å². The molecule has 2 aromatic rings. The van der Waals surface area contributed by atoms with Crippen molar-refractivity contribution < 1.29 is 37.0 Å². The molecule has 0 unspecified atom stereocenters. The first-order valence-electron chi connectivity index (χ1n) is 9.07. The van der Waals surface area contributed by atoms with Crippen LogP contribution in [0.2, 0.25) is 0 Å². The Morgan fingerprint density at radius 1 is 0.969 bits per heavy atom.